The molecule has 0 bridgehead atoms. The first-order valence-electron chi connectivity index (χ1n) is 6.72. The molecular weight excluding hydrogens is 283 g/mol. The Balaban J connectivity index is 2.00. The molecule has 0 saturated heterocycles. The second-order valence-corrected chi connectivity index (χ2v) is 5.12. The zero-order valence-corrected chi connectivity index (χ0v) is 11.1. The van der Waals surface area contributed by atoms with Gasteiger partial charge in [-0.15, -0.1) is 0 Å². The average Bonchev–Trinajstić information content (AvgIpc) is 2.90. The Morgan fingerprint density at radius 2 is 2.14 bits per heavy atom. The average molecular weight is 297 g/mol. The van der Waals surface area contributed by atoms with Crippen LogP contribution in [0.4, 0.5) is 13.2 Å². The Morgan fingerprint density at radius 1 is 1.33 bits per heavy atom. The van der Waals surface area contributed by atoms with Crippen molar-refractivity contribution in [2.45, 2.75) is 31.5 Å². The van der Waals surface area contributed by atoms with E-state index in [1.165, 1.54) is 6.07 Å². The maximum absolute atomic E-state index is 12.7. The third-order valence-electron chi connectivity index (χ3n) is 3.66. The van der Waals surface area contributed by atoms with Crippen LogP contribution in [-0.4, -0.2) is 26.5 Å². The van der Waals surface area contributed by atoms with Crippen LogP contribution in [0.25, 0.3) is 11.4 Å². The Hall–Kier alpha value is -1.89. The second kappa shape index (κ2) is 5.14. The van der Waals surface area contributed by atoms with Gasteiger partial charge in [0.15, 0.2) is 5.82 Å². The fraction of sp³-hybridized carbons (Fsp3) is 0.429. The summed E-state index contributed by atoms with van der Waals surface area (Å²) in [6, 6.07) is 4.98. The molecule has 4 nitrogen and oxygen atoms in total. The Kier molecular flexibility index (Phi) is 3.44. The minimum atomic E-state index is -4.39. The van der Waals surface area contributed by atoms with Crippen LogP contribution in [0.2, 0.25) is 0 Å². The molecule has 1 aliphatic rings. The summed E-state index contributed by atoms with van der Waals surface area (Å²) in [6.07, 6.45) is -2.69. The van der Waals surface area contributed by atoms with Crippen LogP contribution in [0.5, 0.6) is 0 Å². The molecule has 7 heteroatoms. The van der Waals surface area contributed by atoms with E-state index in [-0.39, 0.29) is 18.3 Å². The molecule has 3 rings (SSSR count). The van der Waals surface area contributed by atoms with Gasteiger partial charge in [0, 0.05) is 18.0 Å². The topological polar surface area (TPSA) is 50.9 Å². The van der Waals surface area contributed by atoms with E-state index in [1.54, 1.807) is 10.7 Å². The van der Waals surface area contributed by atoms with Crippen molar-refractivity contribution < 1.29 is 18.3 Å². The Labute approximate surface area is 119 Å². The molecule has 1 N–H and O–H groups in total. The fourth-order valence-electron chi connectivity index (χ4n) is 2.57. The van der Waals surface area contributed by atoms with E-state index in [0.29, 0.717) is 17.9 Å². The van der Waals surface area contributed by atoms with Crippen LogP contribution >= 0.6 is 0 Å². The number of hydrogen-bond donors (Lipinski definition) is 1. The molecule has 1 aromatic carbocycles. The molecule has 0 spiro atoms. The highest BCUT2D eigenvalue weighted by atomic mass is 19.4. The van der Waals surface area contributed by atoms with Gasteiger partial charge in [-0.3, -0.25) is 0 Å². The molecule has 1 atom stereocenters. The number of aryl methyl sites for hydroxylation is 1. The zero-order chi connectivity index (χ0) is 15.0. The van der Waals surface area contributed by atoms with Crippen molar-refractivity contribution in [1.29, 1.82) is 0 Å². The van der Waals surface area contributed by atoms with Crippen molar-refractivity contribution in [2.24, 2.45) is 0 Å². The van der Waals surface area contributed by atoms with Crippen molar-refractivity contribution in [2.75, 3.05) is 6.61 Å². The highest BCUT2D eigenvalue weighted by Gasteiger charge is 2.31. The molecule has 0 radical (unpaired) electrons. The first kappa shape index (κ1) is 14.1. The third kappa shape index (κ3) is 2.65. The van der Waals surface area contributed by atoms with E-state index < -0.39 is 11.7 Å². The lowest BCUT2D eigenvalue weighted by Gasteiger charge is -2.19. The maximum atomic E-state index is 12.7. The smallest absolute Gasteiger partial charge is 0.396 e. The third-order valence-corrected chi connectivity index (χ3v) is 3.66. The summed E-state index contributed by atoms with van der Waals surface area (Å²) in [5.41, 5.74) is -0.380. The molecule has 1 aliphatic heterocycles. The number of aliphatic hydroxyl groups is 1. The molecule has 0 aliphatic carbocycles. The minimum Gasteiger partial charge on any atom is -0.396 e. The van der Waals surface area contributed by atoms with Crippen LogP contribution in [-0.2, 0) is 12.7 Å². The van der Waals surface area contributed by atoms with Crippen molar-refractivity contribution in [3.8, 4) is 11.4 Å². The van der Waals surface area contributed by atoms with Gasteiger partial charge in [0.05, 0.1) is 12.2 Å². The highest BCUT2D eigenvalue weighted by molar-refractivity contribution is 5.56. The number of benzene rings is 1. The minimum absolute atomic E-state index is 0.0271. The second-order valence-electron chi connectivity index (χ2n) is 5.12. The van der Waals surface area contributed by atoms with Crippen LogP contribution in [0.1, 0.15) is 30.1 Å². The van der Waals surface area contributed by atoms with Crippen LogP contribution in [0.15, 0.2) is 24.3 Å². The standard InChI is InChI=1S/C14H14F3N3O/c15-14(16,17)11-5-1-3-9(7-11)12-18-13-10(8-21)4-2-6-20(13)19-12/h1,3,5,7,10,21H,2,4,6,8H2. The predicted molar refractivity (Wildman–Crippen MR) is 69.5 cm³/mol. The Bertz CT molecular complexity index is 651. The lowest BCUT2D eigenvalue weighted by Crippen LogP contribution is -2.19. The maximum Gasteiger partial charge on any atom is 0.416 e. The molecule has 2 aromatic rings. The van der Waals surface area contributed by atoms with Gasteiger partial charge in [0.1, 0.15) is 5.82 Å². The number of aliphatic hydroxyl groups excluding tert-OH is 1. The quantitative estimate of drug-likeness (QED) is 0.927. The molecule has 0 saturated carbocycles. The lowest BCUT2D eigenvalue weighted by molar-refractivity contribution is -0.137. The van der Waals surface area contributed by atoms with Gasteiger partial charge in [-0.25, -0.2) is 9.67 Å². The molecule has 2 heterocycles. The van der Waals surface area contributed by atoms with Gasteiger partial charge in [-0.05, 0) is 25.0 Å². The summed E-state index contributed by atoms with van der Waals surface area (Å²) in [4.78, 5) is 4.32. The summed E-state index contributed by atoms with van der Waals surface area (Å²) in [6.45, 7) is 0.651. The first-order valence-corrected chi connectivity index (χ1v) is 6.72. The zero-order valence-electron chi connectivity index (χ0n) is 11.1. The summed E-state index contributed by atoms with van der Waals surface area (Å²) in [5, 5.41) is 13.6. The van der Waals surface area contributed by atoms with Crippen LogP contribution in [0.3, 0.4) is 0 Å². The normalized spacial score (nSPS) is 18.6. The van der Waals surface area contributed by atoms with E-state index in [9.17, 15) is 18.3 Å². The van der Waals surface area contributed by atoms with Gasteiger partial charge in [-0.2, -0.15) is 18.3 Å². The van der Waals surface area contributed by atoms with Gasteiger partial charge < -0.3 is 5.11 Å². The molecule has 1 aromatic heterocycles. The van der Waals surface area contributed by atoms with Crippen molar-refractivity contribution in [3.63, 3.8) is 0 Å². The number of nitrogens with zero attached hydrogens (tertiary/aromatic N) is 3. The largest absolute Gasteiger partial charge is 0.416 e. The van der Waals surface area contributed by atoms with Gasteiger partial charge in [0.2, 0.25) is 0 Å². The summed E-state index contributed by atoms with van der Waals surface area (Å²) in [7, 11) is 0. The fourth-order valence-corrected chi connectivity index (χ4v) is 2.57. The highest BCUT2D eigenvalue weighted by Crippen LogP contribution is 2.32. The summed E-state index contributed by atoms with van der Waals surface area (Å²) >= 11 is 0. The van der Waals surface area contributed by atoms with Gasteiger partial charge in [-0.1, -0.05) is 12.1 Å². The van der Waals surface area contributed by atoms with Crippen molar-refractivity contribution in [3.05, 3.63) is 35.7 Å². The first-order chi connectivity index (χ1) is 9.99. The molecule has 0 amide bonds. The molecule has 1 unspecified atom stereocenters. The van der Waals surface area contributed by atoms with E-state index >= 15 is 0 Å². The van der Waals surface area contributed by atoms with Crippen molar-refractivity contribution in [1.82, 2.24) is 14.8 Å². The van der Waals surface area contributed by atoms with E-state index in [0.717, 1.165) is 25.0 Å². The van der Waals surface area contributed by atoms with Crippen LogP contribution < -0.4 is 0 Å². The van der Waals surface area contributed by atoms with Crippen LogP contribution in [0, 0.1) is 0 Å². The van der Waals surface area contributed by atoms with E-state index in [1.807, 2.05) is 0 Å². The number of fused-ring (bicyclic) bond motifs is 1. The van der Waals surface area contributed by atoms with Gasteiger partial charge >= 0.3 is 6.18 Å². The summed E-state index contributed by atoms with van der Waals surface area (Å²) in [5.74, 6) is 0.832. The van der Waals surface area contributed by atoms with Crippen molar-refractivity contribution >= 4 is 0 Å². The predicted octanol–water partition coefficient (Wildman–Crippen LogP) is 2.83. The van der Waals surface area contributed by atoms with E-state index in [2.05, 4.69) is 10.1 Å². The monoisotopic (exact) mass is 297 g/mol. The molecule has 0 fully saturated rings. The molecular formula is C14H14F3N3O. The number of aromatic nitrogens is 3. The molecule has 112 valence electrons. The lowest BCUT2D eigenvalue weighted by atomic mass is 10.0. The number of hydrogen-bond acceptors (Lipinski definition) is 3. The molecule has 21 heavy (non-hydrogen) atoms. The van der Waals surface area contributed by atoms with Gasteiger partial charge in [0.25, 0.3) is 0 Å². The number of rotatable bonds is 2. The SMILES string of the molecule is OCC1CCCn2nc(-c3cccc(C(F)(F)F)c3)nc21. The number of alkyl halides is 3. The summed E-state index contributed by atoms with van der Waals surface area (Å²) < 4.78 is 39.9. The van der Waals surface area contributed by atoms with E-state index in [4.69, 9.17) is 0 Å². The number of halogens is 3. The Morgan fingerprint density at radius 3 is 2.86 bits per heavy atom.